The highest BCUT2D eigenvalue weighted by Crippen LogP contribution is 2.50. The van der Waals surface area contributed by atoms with E-state index in [1.807, 2.05) is 12.4 Å². The fourth-order valence-corrected chi connectivity index (χ4v) is 14.3. The maximum Gasteiger partial charge on any atom is 0.252 e. The van der Waals surface area contributed by atoms with Crippen LogP contribution in [0.3, 0.4) is 0 Å². The largest absolute Gasteiger partial charge is 0.310 e. The Morgan fingerprint density at radius 3 is 1.72 bits per heavy atom. The van der Waals surface area contributed by atoms with Crippen molar-refractivity contribution in [3.63, 3.8) is 0 Å². The average molecular weight is 1040 g/mol. The Bertz CT molecular complexity index is 5220. The van der Waals surface area contributed by atoms with Crippen molar-refractivity contribution in [3.05, 3.63) is 230 Å². The molecule has 2 aliphatic heterocycles. The summed E-state index contributed by atoms with van der Waals surface area (Å²) in [6.07, 6.45) is 3.88. The lowest BCUT2D eigenvalue weighted by Gasteiger charge is -2.41. The highest BCUT2D eigenvalue weighted by Gasteiger charge is 2.45. The van der Waals surface area contributed by atoms with Gasteiger partial charge < -0.3 is 9.47 Å². The van der Waals surface area contributed by atoms with Crippen molar-refractivity contribution in [2.24, 2.45) is 0 Å². The zero-order chi connectivity index (χ0) is 54.2. The molecule has 382 valence electrons. The second kappa shape index (κ2) is 16.5. The smallest absolute Gasteiger partial charge is 0.252 e. The molecule has 5 heterocycles. The predicted molar refractivity (Wildman–Crippen MR) is 344 cm³/mol. The summed E-state index contributed by atoms with van der Waals surface area (Å²) in [5.41, 5.74) is 21.3. The average Bonchev–Trinajstić information content (AvgIpc) is 2.24. The fraction of sp³-hybridized carbons (Fsp3) is 0.107. The first-order valence-corrected chi connectivity index (χ1v) is 28.5. The van der Waals surface area contributed by atoms with Gasteiger partial charge in [0.15, 0.2) is 0 Å². The van der Waals surface area contributed by atoms with E-state index in [-0.39, 0.29) is 17.5 Å². The summed E-state index contributed by atoms with van der Waals surface area (Å²) in [5.74, 6) is 0. The number of fused-ring (bicyclic) bond motifs is 22. The molecule has 0 unspecified atom stereocenters. The maximum absolute atomic E-state index is 5.99. The lowest BCUT2D eigenvalue weighted by Crippen LogP contribution is -2.60. The van der Waals surface area contributed by atoms with Crippen LogP contribution in [0.2, 0.25) is 0 Å². The first kappa shape index (κ1) is 46.3. The summed E-state index contributed by atoms with van der Waals surface area (Å²) in [4.78, 5) is 19.1. The summed E-state index contributed by atoms with van der Waals surface area (Å²) in [6.45, 7) is 13.7. The van der Waals surface area contributed by atoms with Crippen molar-refractivity contribution < 1.29 is 0 Å². The number of pyridine rings is 1. The lowest BCUT2D eigenvalue weighted by molar-refractivity contribution is 0.590. The highest BCUT2D eigenvalue weighted by atomic mass is 15.2. The van der Waals surface area contributed by atoms with E-state index in [1.54, 1.807) is 0 Å². The van der Waals surface area contributed by atoms with Gasteiger partial charge in [-0.15, -0.1) is 0 Å². The van der Waals surface area contributed by atoms with E-state index in [0.29, 0.717) is 0 Å². The van der Waals surface area contributed by atoms with Gasteiger partial charge in [0.2, 0.25) is 0 Å². The normalized spacial score (nSPS) is 13.3. The molecule has 0 amide bonds. The van der Waals surface area contributed by atoms with Gasteiger partial charge in [-0.1, -0.05) is 205 Å². The Hall–Kier alpha value is -9.65. The van der Waals surface area contributed by atoms with Gasteiger partial charge in [0.25, 0.3) is 6.71 Å². The topological polar surface area (TPSA) is 46.8 Å². The van der Waals surface area contributed by atoms with Crippen LogP contribution in [0, 0.1) is 0 Å². The van der Waals surface area contributed by atoms with Crippen molar-refractivity contribution in [2.75, 3.05) is 4.90 Å². The third-order valence-electron chi connectivity index (χ3n) is 18.1. The van der Waals surface area contributed by atoms with Crippen LogP contribution in [-0.2, 0) is 10.8 Å². The minimum Gasteiger partial charge on any atom is -0.310 e. The molecule has 0 saturated carbocycles. The summed E-state index contributed by atoms with van der Waals surface area (Å²) in [5, 5.41) is 14.4. The van der Waals surface area contributed by atoms with Gasteiger partial charge in [0.05, 0.1) is 27.8 Å². The van der Waals surface area contributed by atoms with Crippen molar-refractivity contribution >= 4 is 138 Å². The van der Waals surface area contributed by atoms with E-state index in [0.717, 1.165) is 66.4 Å². The number of hydrogen-bond donors (Lipinski definition) is 0. The third kappa shape index (κ3) is 6.47. The molecule has 12 aromatic carbocycles. The number of aromatic nitrogens is 4. The molecular formula is C75H54BN5. The summed E-state index contributed by atoms with van der Waals surface area (Å²) in [7, 11) is 0. The van der Waals surface area contributed by atoms with Crippen LogP contribution in [0.25, 0.3) is 126 Å². The molecule has 0 atom stereocenters. The lowest BCUT2D eigenvalue weighted by atomic mass is 9.33. The molecule has 3 aromatic heterocycles. The molecule has 0 spiro atoms. The molecule has 0 aliphatic carbocycles. The van der Waals surface area contributed by atoms with Crippen LogP contribution in [-0.4, -0.2) is 26.2 Å². The van der Waals surface area contributed by atoms with Gasteiger partial charge in [-0.3, -0.25) is 4.98 Å². The monoisotopic (exact) mass is 1040 g/mol. The van der Waals surface area contributed by atoms with Crippen molar-refractivity contribution in [3.8, 4) is 27.9 Å². The number of hydrogen-bond acceptors (Lipinski definition) is 4. The van der Waals surface area contributed by atoms with E-state index < -0.39 is 0 Å². The van der Waals surface area contributed by atoms with Crippen LogP contribution in [0.15, 0.2) is 219 Å². The Labute approximate surface area is 469 Å². The van der Waals surface area contributed by atoms with E-state index in [2.05, 4.69) is 262 Å². The van der Waals surface area contributed by atoms with E-state index >= 15 is 0 Å². The second-order valence-electron chi connectivity index (χ2n) is 24.7. The molecule has 0 fully saturated rings. The van der Waals surface area contributed by atoms with Gasteiger partial charge in [-0.25, -0.2) is 9.97 Å². The Morgan fingerprint density at radius 1 is 0.407 bits per heavy atom. The Morgan fingerprint density at radius 2 is 1.00 bits per heavy atom. The van der Waals surface area contributed by atoms with Crippen LogP contribution in [0.1, 0.15) is 52.7 Å². The molecular weight excluding hydrogens is 982 g/mol. The molecule has 81 heavy (non-hydrogen) atoms. The zero-order valence-corrected chi connectivity index (χ0v) is 46.1. The second-order valence-corrected chi connectivity index (χ2v) is 24.7. The van der Waals surface area contributed by atoms with Gasteiger partial charge in [0.1, 0.15) is 5.52 Å². The quantitative estimate of drug-likeness (QED) is 0.100. The Balaban J connectivity index is 1.11. The van der Waals surface area contributed by atoms with Crippen molar-refractivity contribution in [1.82, 2.24) is 19.5 Å². The van der Waals surface area contributed by atoms with Crippen molar-refractivity contribution in [1.29, 1.82) is 0 Å². The molecule has 0 N–H and O–H groups in total. The SMILES string of the molecule is CC(C)(C)c1ccc(N2c3ccc(C(C)(C)C)cc3B3c4c(cc5nc6c7ccccc7c7cnccc7c6nc5c42)-n2c4ccc5c6ccccc6c6ccccc6c5c4c4cc(-c5ccccc5-c5ccccc5)cc3c42)cc1. The van der Waals surface area contributed by atoms with Crippen LogP contribution in [0.4, 0.5) is 17.1 Å². The molecule has 6 heteroatoms. The number of rotatable bonds is 3. The number of nitrogens with zero attached hydrogens (tertiary/aromatic N) is 5. The van der Waals surface area contributed by atoms with Gasteiger partial charge in [-0.05, 0) is 135 Å². The van der Waals surface area contributed by atoms with Crippen LogP contribution < -0.4 is 21.3 Å². The van der Waals surface area contributed by atoms with Gasteiger partial charge >= 0.3 is 0 Å². The molecule has 5 nitrogen and oxygen atoms in total. The highest BCUT2D eigenvalue weighted by molar-refractivity contribution is 7.00. The van der Waals surface area contributed by atoms with Crippen LogP contribution in [0.5, 0.6) is 0 Å². The van der Waals surface area contributed by atoms with E-state index in [9.17, 15) is 0 Å². The molecule has 2 aliphatic rings. The fourth-order valence-electron chi connectivity index (χ4n) is 14.3. The summed E-state index contributed by atoms with van der Waals surface area (Å²) in [6, 6.07) is 77.6. The van der Waals surface area contributed by atoms with Crippen LogP contribution >= 0.6 is 0 Å². The minimum atomic E-state index is -0.191. The molecule has 17 rings (SSSR count). The Kier molecular flexibility index (Phi) is 9.41. The van der Waals surface area contributed by atoms with Crippen molar-refractivity contribution in [2.45, 2.75) is 52.4 Å². The number of anilines is 3. The minimum absolute atomic E-state index is 0.0318. The summed E-state index contributed by atoms with van der Waals surface area (Å²) < 4.78 is 2.63. The van der Waals surface area contributed by atoms with Gasteiger partial charge in [-0.2, -0.15) is 0 Å². The molecule has 0 saturated heterocycles. The summed E-state index contributed by atoms with van der Waals surface area (Å²) >= 11 is 0. The molecule has 0 bridgehead atoms. The first-order valence-electron chi connectivity index (χ1n) is 28.5. The van der Waals surface area contributed by atoms with E-state index in [4.69, 9.17) is 9.97 Å². The molecule has 15 aromatic rings. The maximum atomic E-state index is 5.99. The molecule has 0 radical (unpaired) electrons. The standard InChI is InChI=1S/C75H54BN5/c1-74(2,3)45-28-31-47(32-29-45)80-63-34-30-46(75(4,5)6)40-60(63)76-61-39-44(49-21-11-10-20-48(49)43-18-8-7-9-19-43)38-58-67-64(35-33-55-52-24-13-12-22-50(52)51-23-14-16-26-54(51)66(55)67)81(72(58)61)65-41-62-71(73(80)68(65)76)79-70-57-36-37-77-42-59(57)53-25-15-17-27-56(53)69(70)78-62/h7-42H,1-6H3. The zero-order valence-electron chi connectivity index (χ0n) is 46.1. The predicted octanol–water partition coefficient (Wildman–Crippen LogP) is 17.6. The third-order valence-corrected chi connectivity index (χ3v) is 18.1. The first-order chi connectivity index (χ1) is 39.5. The number of benzene rings is 12. The van der Waals surface area contributed by atoms with E-state index in [1.165, 1.54) is 104 Å². The van der Waals surface area contributed by atoms with Gasteiger partial charge in [0, 0.05) is 67.3 Å².